The molecule has 0 bridgehead atoms. The summed E-state index contributed by atoms with van der Waals surface area (Å²) in [5.74, 6) is -1.08. The van der Waals surface area contributed by atoms with E-state index in [4.69, 9.17) is 9.84 Å². The van der Waals surface area contributed by atoms with Gasteiger partial charge in [0.05, 0.1) is 5.69 Å². The first kappa shape index (κ1) is 14.5. The van der Waals surface area contributed by atoms with Gasteiger partial charge in [-0.2, -0.15) is 4.68 Å². The summed E-state index contributed by atoms with van der Waals surface area (Å²) in [4.78, 5) is 11.2. The maximum Gasteiger partial charge on any atom is 0.358 e. The third-order valence-electron chi connectivity index (χ3n) is 2.64. The molecule has 0 aromatic carbocycles. The van der Waals surface area contributed by atoms with E-state index in [9.17, 15) is 4.79 Å². The second kappa shape index (κ2) is 6.53. The van der Waals surface area contributed by atoms with Crippen LogP contribution in [0.2, 0.25) is 0 Å². The first-order valence-electron chi connectivity index (χ1n) is 6.17. The van der Waals surface area contributed by atoms with Crippen LogP contribution in [0.25, 0.3) is 5.13 Å². The average Bonchev–Trinajstić information content (AvgIpc) is 3.02. The fourth-order valence-electron chi connectivity index (χ4n) is 1.70. The van der Waals surface area contributed by atoms with E-state index in [2.05, 4.69) is 20.5 Å². The number of aromatic nitrogens is 5. The number of carbonyl (C=O) groups is 1. The van der Waals surface area contributed by atoms with E-state index in [1.807, 2.05) is 6.92 Å². The molecule has 0 aliphatic carbocycles. The van der Waals surface area contributed by atoms with Gasteiger partial charge in [-0.1, -0.05) is 29.9 Å². The minimum atomic E-state index is -1.08. The Bertz CT molecular complexity index is 595. The zero-order valence-electron chi connectivity index (χ0n) is 11.2. The molecule has 2 rings (SSSR count). The van der Waals surface area contributed by atoms with E-state index in [0.29, 0.717) is 28.9 Å². The van der Waals surface area contributed by atoms with Crippen molar-refractivity contribution in [2.24, 2.45) is 0 Å². The molecule has 0 spiro atoms. The smallest absolute Gasteiger partial charge is 0.358 e. The molecule has 0 saturated carbocycles. The number of nitrogens with zero attached hydrogens (tertiary/aromatic N) is 5. The number of methoxy groups -OCH3 is 1. The number of unbranched alkanes of at least 4 members (excludes halogenated alkanes) is 1. The molecule has 0 amide bonds. The van der Waals surface area contributed by atoms with Gasteiger partial charge in [0.25, 0.3) is 0 Å². The van der Waals surface area contributed by atoms with Crippen LogP contribution in [-0.4, -0.2) is 43.4 Å². The summed E-state index contributed by atoms with van der Waals surface area (Å²) in [7, 11) is 1.58. The lowest BCUT2D eigenvalue weighted by Crippen LogP contribution is -2.07. The first-order chi connectivity index (χ1) is 9.67. The molecule has 0 radical (unpaired) electrons. The predicted molar refractivity (Wildman–Crippen MR) is 71.1 cm³/mol. The molecule has 0 aliphatic rings. The van der Waals surface area contributed by atoms with Gasteiger partial charge in [-0.15, -0.1) is 15.3 Å². The normalized spacial score (nSPS) is 10.9. The SMILES string of the molecule is CCCCc1c(C(=O)O)nnn1-c1nnc(COC)s1. The summed E-state index contributed by atoms with van der Waals surface area (Å²) < 4.78 is 6.44. The third kappa shape index (κ3) is 2.99. The topological polar surface area (TPSA) is 103 Å². The number of ether oxygens (including phenoxy) is 1. The summed E-state index contributed by atoms with van der Waals surface area (Å²) >= 11 is 1.30. The van der Waals surface area contributed by atoms with E-state index < -0.39 is 5.97 Å². The van der Waals surface area contributed by atoms with Crippen molar-refractivity contribution in [1.82, 2.24) is 25.2 Å². The molecule has 108 valence electrons. The van der Waals surface area contributed by atoms with E-state index in [1.165, 1.54) is 16.0 Å². The van der Waals surface area contributed by atoms with Crippen molar-refractivity contribution in [3.63, 3.8) is 0 Å². The number of hydrogen-bond acceptors (Lipinski definition) is 7. The van der Waals surface area contributed by atoms with Crippen molar-refractivity contribution in [3.05, 3.63) is 16.4 Å². The van der Waals surface area contributed by atoms with Gasteiger partial charge in [0, 0.05) is 7.11 Å². The van der Waals surface area contributed by atoms with Gasteiger partial charge >= 0.3 is 5.97 Å². The Labute approximate surface area is 119 Å². The molecule has 0 saturated heterocycles. The highest BCUT2D eigenvalue weighted by Gasteiger charge is 2.21. The zero-order chi connectivity index (χ0) is 14.5. The minimum Gasteiger partial charge on any atom is -0.476 e. The molecule has 2 aromatic heterocycles. The summed E-state index contributed by atoms with van der Waals surface area (Å²) in [5.41, 5.74) is 0.529. The number of carboxylic acid groups (broad SMARTS) is 1. The van der Waals surface area contributed by atoms with Crippen molar-refractivity contribution in [1.29, 1.82) is 0 Å². The lowest BCUT2D eigenvalue weighted by molar-refractivity contribution is 0.0689. The molecular weight excluding hydrogens is 282 g/mol. The molecule has 0 unspecified atom stereocenters. The second-order valence-electron chi connectivity index (χ2n) is 4.12. The molecule has 2 heterocycles. The van der Waals surface area contributed by atoms with Gasteiger partial charge in [0.15, 0.2) is 5.69 Å². The molecule has 0 aliphatic heterocycles. The molecule has 1 N–H and O–H groups in total. The van der Waals surface area contributed by atoms with Crippen molar-refractivity contribution in [3.8, 4) is 5.13 Å². The van der Waals surface area contributed by atoms with E-state index in [-0.39, 0.29) is 5.69 Å². The van der Waals surface area contributed by atoms with Crippen molar-refractivity contribution in [2.75, 3.05) is 7.11 Å². The molecule has 2 aromatic rings. The van der Waals surface area contributed by atoms with Crippen LogP contribution in [0.5, 0.6) is 0 Å². The van der Waals surface area contributed by atoms with E-state index in [1.54, 1.807) is 7.11 Å². The van der Waals surface area contributed by atoms with Crippen LogP contribution < -0.4 is 0 Å². The third-order valence-corrected chi connectivity index (χ3v) is 3.51. The van der Waals surface area contributed by atoms with E-state index in [0.717, 1.165) is 12.8 Å². The molecule has 20 heavy (non-hydrogen) atoms. The van der Waals surface area contributed by atoms with Gasteiger partial charge < -0.3 is 9.84 Å². The Morgan fingerprint density at radius 1 is 1.40 bits per heavy atom. The van der Waals surface area contributed by atoms with Crippen LogP contribution in [0.4, 0.5) is 0 Å². The number of rotatable bonds is 7. The Balaban J connectivity index is 2.36. The minimum absolute atomic E-state index is 0.0260. The number of hydrogen-bond donors (Lipinski definition) is 1. The monoisotopic (exact) mass is 297 g/mol. The van der Waals surface area contributed by atoms with Gasteiger partial charge in [-0.05, 0) is 12.8 Å². The van der Waals surface area contributed by atoms with Crippen LogP contribution in [0, 0.1) is 0 Å². The van der Waals surface area contributed by atoms with Crippen LogP contribution in [0.15, 0.2) is 0 Å². The number of carboxylic acids is 1. The van der Waals surface area contributed by atoms with Gasteiger partial charge in [-0.25, -0.2) is 4.79 Å². The quantitative estimate of drug-likeness (QED) is 0.821. The summed E-state index contributed by atoms with van der Waals surface area (Å²) in [6.07, 6.45) is 2.40. The van der Waals surface area contributed by atoms with Crippen molar-refractivity contribution < 1.29 is 14.6 Å². The van der Waals surface area contributed by atoms with Gasteiger partial charge in [0.1, 0.15) is 11.6 Å². The second-order valence-corrected chi connectivity index (χ2v) is 5.16. The zero-order valence-corrected chi connectivity index (χ0v) is 12.1. The van der Waals surface area contributed by atoms with Crippen LogP contribution in [0.3, 0.4) is 0 Å². The Morgan fingerprint density at radius 3 is 2.85 bits per heavy atom. The lowest BCUT2D eigenvalue weighted by atomic mass is 10.1. The molecule has 0 fully saturated rings. The van der Waals surface area contributed by atoms with Gasteiger partial charge in [-0.3, -0.25) is 0 Å². The van der Waals surface area contributed by atoms with E-state index >= 15 is 0 Å². The van der Waals surface area contributed by atoms with Crippen LogP contribution in [-0.2, 0) is 17.8 Å². The first-order valence-corrected chi connectivity index (χ1v) is 6.98. The van der Waals surface area contributed by atoms with Gasteiger partial charge in [0.2, 0.25) is 5.13 Å². The molecule has 0 atom stereocenters. The Morgan fingerprint density at radius 2 is 2.20 bits per heavy atom. The highest BCUT2D eigenvalue weighted by atomic mass is 32.1. The highest BCUT2D eigenvalue weighted by Crippen LogP contribution is 2.19. The number of aromatic carboxylic acids is 1. The van der Waals surface area contributed by atoms with Crippen molar-refractivity contribution >= 4 is 17.3 Å². The highest BCUT2D eigenvalue weighted by molar-refractivity contribution is 7.13. The standard InChI is InChI=1S/C11H15N5O3S/c1-3-4-5-7-9(10(17)18)13-15-16(7)11-14-12-8(20-11)6-19-2/h3-6H2,1-2H3,(H,17,18). The summed E-state index contributed by atoms with van der Waals surface area (Å²) in [6.45, 7) is 2.40. The molecule has 8 nitrogen and oxygen atoms in total. The largest absolute Gasteiger partial charge is 0.476 e. The van der Waals surface area contributed by atoms with Crippen LogP contribution in [0.1, 0.15) is 41.0 Å². The maximum atomic E-state index is 11.2. The molecular formula is C11H15N5O3S. The fourth-order valence-corrected chi connectivity index (χ4v) is 2.49. The summed E-state index contributed by atoms with van der Waals surface area (Å²) in [6, 6.07) is 0. The molecule has 9 heteroatoms. The van der Waals surface area contributed by atoms with Crippen LogP contribution >= 0.6 is 11.3 Å². The Hall–Kier alpha value is -1.87. The average molecular weight is 297 g/mol. The predicted octanol–water partition coefficient (Wildman–Crippen LogP) is 1.31. The van der Waals surface area contributed by atoms with Crippen molar-refractivity contribution in [2.45, 2.75) is 32.8 Å². The fraction of sp³-hybridized carbons (Fsp3) is 0.545. The lowest BCUT2D eigenvalue weighted by Gasteiger charge is -2.02. The maximum absolute atomic E-state index is 11.2. The summed E-state index contributed by atoms with van der Waals surface area (Å²) in [5, 5.41) is 25.9. The Kier molecular flexibility index (Phi) is 4.74.